The van der Waals surface area contributed by atoms with Crippen LogP contribution >= 0.6 is 0 Å². The van der Waals surface area contributed by atoms with Gasteiger partial charge in [-0.3, -0.25) is 43.5 Å². The zero-order chi connectivity index (χ0) is 53.2. The molecule has 0 aliphatic carbocycles. The van der Waals surface area contributed by atoms with Crippen LogP contribution in [0.15, 0.2) is 72.5 Å². The minimum absolute atomic E-state index is 0.156. The first kappa shape index (κ1) is 53.9. The van der Waals surface area contributed by atoms with Crippen molar-refractivity contribution in [1.29, 1.82) is 0 Å². The fraction of sp³-hybridized carbons (Fsp3) is 0.444. The zero-order valence-electron chi connectivity index (χ0n) is 43.0. The van der Waals surface area contributed by atoms with Gasteiger partial charge in [0.1, 0.15) is 24.0 Å². The highest BCUT2D eigenvalue weighted by molar-refractivity contribution is 6.06. The van der Waals surface area contributed by atoms with E-state index in [9.17, 15) is 33.6 Å². The van der Waals surface area contributed by atoms with E-state index in [2.05, 4.69) is 27.8 Å². The fourth-order valence-electron chi connectivity index (χ4n) is 9.12. The Bertz CT molecular complexity index is 2690. The largest absolute Gasteiger partial charge is 0.497 e. The number of methoxy groups -OCH3 is 3. The van der Waals surface area contributed by atoms with Gasteiger partial charge in [0.05, 0.1) is 69.1 Å². The number of amides is 7. The first-order valence-electron chi connectivity index (χ1n) is 24.9. The van der Waals surface area contributed by atoms with E-state index in [0.717, 1.165) is 16.9 Å². The summed E-state index contributed by atoms with van der Waals surface area (Å²) in [5.74, 6) is -0.472. The molecule has 0 bridgehead atoms. The van der Waals surface area contributed by atoms with Gasteiger partial charge >= 0.3 is 0 Å². The van der Waals surface area contributed by atoms with Gasteiger partial charge in [0.25, 0.3) is 11.8 Å². The number of aliphatic imine (C=N–C) groups is 1. The average molecular weight is 1020 g/mol. The van der Waals surface area contributed by atoms with Gasteiger partial charge in [0.15, 0.2) is 23.0 Å². The third-order valence-corrected chi connectivity index (χ3v) is 13.4. The van der Waals surface area contributed by atoms with Crippen molar-refractivity contribution in [3.05, 3.63) is 84.2 Å². The molecule has 4 N–H and O–H groups in total. The van der Waals surface area contributed by atoms with Crippen LogP contribution in [0.5, 0.6) is 28.7 Å². The quantitative estimate of drug-likeness (QED) is 0.0473. The molecule has 20 heteroatoms. The Balaban J connectivity index is 0.929. The molecular formula is C54H66N8O12. The van der Waals surface area contributed by atoms with Gasteiger partial charge in [0, 0.05) is 63.2 Å². The van der Waals surface area contributed by atoms with E-state index >= 15 is 0 Å². The molecule has 4 aliphatic heterocycles. The molecule has 5 atom stereocenters. The molecule has 2 fully saturated rings. The summed E-state index contributed by atoms with van der Waals surface area (Å²) in [6, 6.07) is 11.9. The lowest BCUT2D eigenvalue weighted by molar-refractivity contribution is -0.138. The van der Waals surface area contributed by atoms with Crippen LogP contribution in [0, 0.1) is 5.92 Å². The molecule has 7 amide bonds. The number of ether oxygens (including phenoxy) is 5. The zero-order valence-corrected chi connectivity index (χ0v) is 43.0. The Hall–Kier alpha value is -7.90. The molecule has 0 saturated carbocycles. The number of carbonyl (C=O) groups is 7. The molecule has 2 saturated heterocycles. The lowest BCUT2D eigenvalue weighted by Gasteiger charge is -2.24. The van der Waals surface area contributed by atoms with E-state index < -0.39 is 36.0 Å². The number of benzene rings is 3. The van der Waals surface area contributed by atoms with Crippen molar-refractivity contribution in [2.75, 3.05) is 46.0 Å². The maximum absolute atomic E-state index is 13.9. The summed E-state index contributed by atoms with van der Waals surface area (Å²) in [4.78, 5) is 100. The first-order valence-corrected chi connectivity index (χ1v) is 24.9. The smallest absolute Gasteiger partial charge is 0.260 e. The molecule has 4 heterocycles. The third kappa shape index (κ3) is 12.5. The average Bonchev–Trinajstić information content (AvgIpc) is 3.66. The van der Waals surface area contributed by atoms with E-state index in [-0.39, 0.29) is 85.4 Å². The van der Waals surface area contributed by atoms with Gasteiger partial charge in [-0.1, -0.05) is 39.0 Å². The van der Waals surface area contributed by atoms with Crippen LogP contribution < -0.4 is 49.9 Å². The Morgan fingerprint density at radius 2 is 1.49 bits per heavy atom. The highest BCUT2D eigenvalue weighted by atomic mass is 16.5. The molecule has 74 heavy (non-hydrogen) atoms. The molecule has 3 aromatic rings. The van der Waals surface area contributed by atoms with Gasteiger partial charge in [-0.15, -0.1) is 0 Å². The minimum atomic E-state index is -0.984. The number of hydrogen-bond acceptors (Lipinski definition) is 14. The highest BCUT2D eigenvalue weighted by Crippen LogP contribution is 2.43. The molecule has 0 spiro atoms. The van der Waals surface area contributed by atoms with Crippen LogP contribution in [0.4, 0.5) is 11.4 Å². The van der Waals surface area contributed by atoms with Crippen molar-refractivity contribution in [1.82, 2.24) is 31.1 Å². The van der Waals surface area contributed by atoms with Crippen molar-refractivity contribution < 1.29 is 57.2 Å². The molecule has 0 radical (unpaired) electrons. The summed E-state index contributed by atoms with van der Waals surface area (Å²) in [6.45, 7) is 11.3. The van der Waals surface area contributed by atoms with Crippen molar-refractivity contribution in [3.63, 3.8) is 0 Å². The van der Waals surface area contributed by atoms with Crippen molar-refractivity contribution >= 4 is 64.5 Å². The van der Waals surface area contributed by atoms with Gasteiger partial charge in [0.2, 0.25) is 29.5 Å². The fourth-order valence-corrected chi connectivity index (χ4v) is 9.12. The number of anilines is 1. The Morgan fingerprint density at radius 1 is 0.811 bits per heavy atom. The van der Waals surface area contributed by atoms with Crippen LogP contribution in [0.2, 0.25) is 0 Å². The molecule has 4 aliphatic rings. The normalized spacial score (nSPS) is 18.4. The number of nitrogens with one attached hydrogen (secondary N) is 4. The van der Waals surface area contributed by atoms with E-state index in [0.29, 0.717) is 72.8 Å². The second-order valence-electron chi connectivity index (χ2n) is 18.8. The van der Waals surface area contributed by atoms with Crippen LogP contribution in [0.25, 0.3) is 5.57 Å². The third-order valence-electron chi connectivity index (χ3n) is 13.4. The summed E-state index contributed by atoms with van der Waals surface area (Å²) in [5.41, 5.74) is 3.54. The van der Waals surface area contributed by atoms with Crippen molar-refractivity contribution in [3.8, 4) is 28.7 Å². The van der Waals surface area contributed by atoms with Gasteiger partial charge in [-0.25, -0.2) is 0 Å². The minimum Gasteiger partial charge on any atom is -0.497 e. The van der Waals surface area contributed by atoms with E-state index in [1.807, 2.05) is 42.3 Å². The maximum atomic E-state index is 13.9. The summed E-state index contributed by atoms with van der Waals surface area (Å²) in [5, 5.41) is 11.1. The predicted molar refractivity (Wildman–Crippen MR) is 276 cm³/mol. The summed E-state index contributed by atoms with van der Waals surface area (Å²) < 4.78 is 29.0. The van der Waals surface area contributed by atoms with Crippen LogP contribution in [-0.4, -0.2) is 129 Å². The van der Waals surface area contributed by atoms with Gasteiger partial charge in [-0.2, -0.15) is 0 Å². The predicted octanol–water partition coefficient (Wildman–Crippen LogP) is 5.41. The van der Waals surface area contributed by atoms with E-state index in [1.165, 1.54) is 25.3 Å². The summed E-state index contributed by atoms with van der Waals surface area (Å²) in [7, 11) is 4.58. The molecule has 7 rings (SSSR count). The Labute approximate surface area is 430 Å². The van der Waals surface area contributed by atoms with E-state index in [4.69, 9.17) is 28.7 Å². The molecular weight excluding hydrogens is 953 g/mol. The number of nitrogens with zero attached hydrogens (tertiary/aromatic N) is 4. The lowest BCUT2D eigenvalue weighted by atomic mass is 10.0. The van der Waals surface area contributed by atoms with Crippen molar-refractivity contribution in [2.45, 2.75) is 109 Å². The number of likely N-dealkylation sites (tertiary alicyclic amines) is 1. The molecule has 20 nitrogen and oxygen atoms in total. The second kappa shape index (κ2) is 24.2. The topological polar surface area (TPSA) is 236 Å². The SMILES string of the molecule is C=CNC(=O)c1cc(OC)c(OCCCOc2cc3c(cc2OC)C(=O)N2C=C(c4ccc(OC)cc4)CC2C=N3)cc1N1C(C)C1NC(=O)[C@H](C)NC(=O)[C@@H](NC(=O)CCCCCN1C(=O)CCC1=O)C(C)C. The number of carbonyl (C=O) groups excluding carboxylic acids is 7. The summed E-state index contributed by atoms with van der Waals surface area (Å²) in [6.07, 6.45) is 7.72. The number of rotatable bonds is 25. The Morgan fingerprint density at radius 3 is 2.14 bits per heavy atom. The van der Waals surface area contributed by atoms with Crippen LogP contribution in [0.3, 0.4) is 0 Å². The second-order valence-corrected chi connectivity index (χ2v) is 18.8. The van der Waals surface area contributed by atoms with Crippen molar-refractivity contribution in [2.24, 2.45) is 10.9 Å². The number of fused-ring (bicyclic) bond motifs is 2. The highest BCUT2D eigenvalue weighted by Gasteiger charge is 2.48. The molecule has 394 valence electrons. The van der Waals surface area contributed by atoms with E-state index in [1.54, 1.807) is 63.3 Å². The Kier molecular flexibility index (Phi) is 17.6. The standard InChI is InChI=1S/C54H66N8O12/c1-9-55-52(67)39-26-43(72-8)45(74-23-13-22-73-44-27-40-38(25-42(44)71-7)54(69)61-30-35(24-36(61)29-56-40)34-15-17-37(70-6)18-16-34)28-41(39)62-33(5)50(62)59-51(66)32(4)57-53(68)49(31(2)3)58-46(63)14-11-10-12-21-60-47(64)19-20-48(60)65/h9,15-18,25-33,36,49-50H,1,10-14,19-24H2,2-8H3,(H,55,67)(H,57,68)(H,58,63)(H,59,66)/t32-,33?,36?,49-,50?,62?/m0/s1. The van der Waals surface area contributed by atoms with Crippen LogP contribution in [-0.2, 0) is 24.0 Å². The van der Waals surface area contributed by atoms with Gasteiger partial charge < -0.3 is 54.8 Å². The number of unbranched alkanes of at least 4 members (excludes halogenated alkanes) is 2. The number of imide groups is 1. The van der Waals surface area contributed by atoms with Gasteiger partial charge in [-0.05, 0) is 74.2 Å². The molecule has 3 aromatic carbocycles. The van der Waals surface area contributed by atoms with Crippen LogP contribution in [0.1, 0.15) is 105 Å². The molecule has 0 aromatic heterocycles. The monoisotopic (exact) mass is 1020 g/mol. The number of hydrogen-bond donors (Lipinski definition) is 4. The lowest BCUT2D eigenvalue weighted by Crippen LogP contribution is -2.55. The first-order chi connectivity index (χ1) is 35.6. The maximum Gasteiger partial charge on any atom is 0.260 e. The summed E-state index contributed by atoms with van der Waals surface area (Å²) >= 11 is 0. The molecule has 3 unspecified atom stereocenters.